The molecule has 0 saturated carbocycles. The lowest BCUT2D eigenvalue weighted by Gasteiger charge is -2.06. The van der Waals surface area contributed by atoms with Crippen molar-refractivity contribution in [2.45, 2.75) is 0 Å². The van der Waals surface area contributed by atoms with Crippen LogP contribution < -0.4 is 5.32 Å². The van der Waals surface area contributed by atoms with Gasteiger partial charge in [-0.05, 0) is 0 Å². The lowest BCUT2D eigenvalue weighted by molar-refractivity contribution is -0.384. The highest BCUT2D eigenvalue weighted by Crippen LogP contribution is 2.30. The maximum absolute atomic E-state index is 11.6. The minimum absolute atomic E-state index is 0.161. The van der Waals surface area contributed by atoms with Crippen LogP contribution in [-0.4, -0.2) is 28.5 Å². The molecule has 0 unspecified atom stereocenters. The molecule has 7 nitrogen and oxygen atoms in total. The molecular formula is C9H6Cl2N2O5. The second kappa shape index (κ2) is 5.65. The summed E-state index contributed by atoms with van der Waals surface area (Å²) in [7, 11) is 0. The van der Waals surface area contributed by atoms with Crippen LogP contribution in [0.2, 0.25) is 10.0 Å². The molecule has 0 atom stereocenters. The van der Waals surface area contributed by atoms with E-state index in [-0.39, 0.29) is 15.6 Å². The fraction of sp³-hybridized carbons (Fsp3) is 0.111. The first-order valence-electron chi connectivity index (χ1n) is 4.46. The third-order valence-electron chi connectivity index (χ3n) is 1.87. The first kappa shape index (κ1) is 14.2. The molecule has 0 aliphatic heterocycles. The molecule has 0 bridgehead atoms. The number of nitro groups is 1. The van der Waals surface area contributed by atoms with E-state index in [0.717, 1.165) is 12.1 Å². The lowest BCUT2D eigenvalue weighted by atomic mass is 10.2. The molecule has 0 aliphatic carbocycles. The van der Waals surface area contributed by atoms with E-state index in [1.165, 1.54) is 0 Å². The van der Waals surface area contributed by atoms with Crippen molar-refractivity contribution < 1.29 is 19.6 Å². The number of aliphatic carboxylic acids is 1. The zero-order chi connectivity index (χ0) is 13.9. The highest BCUT2D eigenvalue weighted by atomic mass is 35.5. The van der Waals surface area contributed by atoms with Gasteiger partial charge in [-0.15, -0.1) is 0 Å². The van der Waals surface area contributed by atoms with Crippen molar-refractivity contribution in [1.29, 1.82) is 0 Å². The van der Waals surface area contributed by atoms with Crippen LogP contribution in [0.5, 0.6) is 0 Å². The molecule has 2 N–H and O–H groups in total. The predicted molar refractivity (Wildman–Crippen MR) is 63.1 cm³/mol. The number of nitrogens with zero attached hydrogens (tertiary/aromatic N) is 1. The summed E-state index contributed by atoms with van der Waals surface area (Å²) in [6.07, 6.45) is 0. The number of benzene rings is 1. The van der Waals surface area contributed by atoms with Gasteiger partial charge in [-0.1, -0.05) is 23.2 Å². The third kappa shape index (κ3) is 3.31. The smallest absolute Gasteiger partial charge is 0.322 e. The number of hydrogen-bond acceptors (Lipinski definition) is 4. The summed E-state index contributed by atoms with van der Waals surface area (Å²) >= 11 is 11.4. The summed E-state index contributed by atoms with van der Waals surface area (Å²) < 4.78 is 0. The number of carbonyl (C=O) groups excluding carboxylic acids is 1. The summed E-state index contributed by atoms with van der Waals surface area (Å²) in [5.41, 5.74) is -0.665. The normalized spacial score (nSPS) is 9.89. The molecule has 0 aliphatic rings. The Morgan fingerprint density at radius 3 is 2.50 bits per heavy atom. The SMILES string of the molecule is O=C(O)CNC(=O)c1cc([N+](=O)[O-])cc(Cl)c1Cl. The maximum atomic E-state index is 11.6. The van der Waals surface area contributed by atoms with Crippen LogP contribution in [0.15, 0.2) is 12.1 Å². The molecule has 9 heteroatoms. The van der Waals surface area contributed by atoms with Crippen molar-refractivity contribution in [3.8, 4) is 0 Å². The van der Waals surface area contributed by atoms with Gasteiger partial charge in [-0.25, -0.2) is 0 Å². The summed E-state index contributed by atoms with van der Waals surface area (Å²) in [5.74, 6) is -2.11. The van der Waals surface area contributed by atoms with Crippen molar-refractivity contribution in [1.82, 2.24) is 5.32 Å². The van der Waals surface area contributed by atoms with Crippen LogP contribution in [0, 0.1) is 10.1 Å². The second-order valence-electron chi connectivity index (χ2n) is 3.12. The molecule has 1 aromatic rings. The maximum Gasteiger partial charge on any atom is 0.322 e. The molecule has 96 valence electrons. The van der Waals surface area contributed by atoms with Gasteiger partial charge in [0, 0.05) is 12.1 Å². The van der Waals surface area contributed by atoms with Gasteiger partial charge in [-0.2, -0.15) is 0 Å². The number of amides is 1. The van der Waals surface area contributed by atoms with Crippen LogP contribution in [-0.2, 0) is 4.79 Å². The van der Waals surface area contributed by atoms with Crippen molar-refractivity contribution in [2.24, 2.45) is 0 Å². The lowest BCUT2D eigenvalue weighted by Crippen LogP contribution is -2.29. The Balaban J connectivity index is 3.10. The number of hydrogen-bond donors (Lipinski definition) is 2. The summed E-state index contributed by atoms with van der Waals surface area (Å²) in [4.78, 5) is 31.7. The molecule has 1 aromatic carbocycles. The van der Waals surface area contributed by atoms with Gasteiger partial charge in [0.2, 0.25) is 0 Å². The van der Waals surface area contributed by atoms with Crippen molar-refractivity contribution in [3.63, 3.8) is 0 Å². The molecule has 0 saturated heterocycles. The fourth-order valence-corrected chi connectivity index (χ4v) is 1.51. The van der Waals surface area contributed by atoms with E-state index in [9.17, 15) is 19.7 Å². The van der Waals surface area contributed by atoms with Crippen molar-refractivity contribution in [2.75, 3.05) is 6.54 Å². The fourth-order valence-electron chi connectivity index (χ4n) is 1.10. The Morgan fingerprint density at radius 1 is 1.39 bits per heavy atom. The van der Waals surface area contributed by atoms with Crippen LogP contribution in [0.3, 0.4) is 0 Å². The molecule has 0 spiro atoms. The van der Waals surface area contributed by atoms with Gasteiger partial charge in [-0.3, -0.25) is 19.7 Å². The molecule has 18 heavy (non-hydrogen) atoms. The van der Waals surface area contributed by atoms with E-state index in [2.05, 4.69) is 0 Å². The summed E-state index contributed by atoms with van der Waals surface area (Å²) in [6.45, 7) is -0.629. The minimum atomic E-state index is -1.25. The Morgan fingerprint density at radius 2 is 2.00 bits per heavy atom. The Kier molecular flexibility index (Phi) is 4.46. The highest BCUT2D eigenvalue weighted by molar-refractivity contribution is 6.44. The number of non-ortho nitro benzene ring substituents is 1. The Labute approximate surface area is 110 Å². The quantitative estimate of drug-likeness (QED) is 0.648. The highest BCUT2D eigenvalue weighted by Gasteiger charge is 2.19. The molecule has 0 radical (unpaired) electrons. The van der Waals surface area contributed by atoms with Crippen molar-refractivity contribution in [3.05, 3.63) is 37.9 Å². The number of carbonyl (C=O) groups is 2. The van der Waals surface area contributed by atoms with Crippen LogP contribution in [0.25, 0.3) is 0 Å². The van der Waals surface area contributed by atoms with Gasteiger partial charge in [0.05, 0.1) is 20.5 Å². The van der Waals surface area contributed by atoms with Gasteiger partial charge in [0.15, 0.2) is 0 Å². The van der Waals surface area contributed by atoms with Crippen LogP contribution >= 0.6 is 23.2 Å². The Bertz CT molecular complexity index is 532. The monoisotopic (exact) mass is 292 g/mol. The third-order valence-corrected chi connectivity index (χ3v) is 2.67. The second-order valence-corrected chi connectivity index (χ2v) is 3.91. The average molecular weight is 293 g/mol. The predicted octanol–water partition coefficient (Wildman–Crippen LogP) is 1.72. The summed E-state index contributed by atoms with van der Waals surface area (Å²) in [6, 6.07) is 1.92. The standard InChI is InChI=1S/C9H6Cl2N2O5/c10-6-2-4(13(17)18)1-5(8(6)11)9(16)12-3-7(14)15/h1-2H,3H2,(H,12,16)(H,14,15). The molecular weight excluding hydrogens is 287 g/mol. The molecule has 0 heterocycles. The van der Waals surface area contributed by atoms with Gasteiger partial charge in [0.1, 0.15) is 6.54 Å². The van der Waals surface area contributed by atoms with Gasteiger partial charge >= 0.3 is 5.97 Å². The van der Waals surface area contributed by atoms with Crippen LogP contribution in [0.1, 0.15) is 10.4 Å². The van der Waals surface area contributed by atoms with E-state index in [0.29, 0.717) is 0 Å². The average Bonchev–Trinajstić information content (AvgIpc) is 2.29. The number of carboxylic acid groups (broad SMARTS) is 1. The number of carboxylic acids is 1. The number of nitro benzene ring substituents is 1. The zero-order valence-corrected chi connectivity index (χ0v) is 10.2. The van der Waals surface area contributed by atoms with E-state index >= 15 is 0 Å². The van der Waals surface area contributed by atoms with E-state index in [1.807, 2.05) is 5.32 Å². The minimum Gasteiger partial charge on any atom is -0.480 e. The topological polar surface area (TPSA) is 110 Å². The number of halogens is 2. The van der Waals surface area contributed by atoms with Gasteiger partial charge < -0.3 is 10.4 Å². The number of nitrogens with one attached hydrogen (secondary N) is 1. The van der Waals surface area contributed by atoms with E-state index in [1.54, 1.807) is 0 Å². The first-order valence-corrected chi connectivity index (χ1v) is 5.22. The molecule has 1 amide bonds. The number of rotatable bonds is 4. The van der Waals surface area contributed by atoms with E-state index in [4.69, 9.17) is 28.3 Å². The van der Waals surface area contributed by atoms with Crippen LogP contribution in [0.4, 0.5) is 5.69 Å². The zero-order valence-electron chi connectivity index (χ0n) is 8.65. The van der Waals surface area contributed by atoms with Crippen molar-refractivity contribution >= 4 is 40.8 Å². The Hall–Kier alpha value is -1.86. The van der Waals surface area contributed by atoms with E-state index < -0.39 is 29.0 Å². The molecule has 0 aromatic heterocycles. The first-order chi connectivity index (χ1) is 8.32. The summed E-state index contributed by atoms with van der Waals surface area (Å²) in [5, 5.41) is 20.7. The largest absolute Gasteiger partial charge is 0.480 e. The molecule has 1 rings (SSSR count). The van der Waals surface area contributed by atoms with Gasteiger partial charge in [0.25, 0.3) is 11.6 Å². The molecule has 0 fully saturated rings.